The standard InChI is InChI=1S/C8H6O4.C2H6O4S/c9-7(10)5-3-1-2-4-6(5)8(11)12;1-5-7(3,4)6-2/h1-4H,(H,9,10)(H,11,12);1-2H3. The van der Waals surface area contributed by atoms with Crippen LogP contribution in [0.2, 0.25) is 0 Å². The van der Waals surface area contributed by atoms with E-state index >= 15 is 0 Å². The van der Waals surface area contributed by atoms with Crippen molar-refractivity contribution in [3.8, 4) is 0 Å². The maximum absolute atomic E-state index is 10.5. The SMILES string of the molecule is COS(=O)(=O)OC.O=C(O)c1ccccc1C(=O)O. The fourth-order valence-corrected chi connectivity index (χ4v) is 1.06. The van der Waals surface area contributed by atoms with E-state index < -0.39 is 22.3 Å². The van der Waals surface area contributed by atoms with Crippen LogP contribution in [-0.4, -0.2) is 44.8 Å². The molecule has 1 rings (SSSR count). The second kappa shape index (κ2) is 7.46. The highest BCUT2D eigenvalue weighted by Gasteiger charge is 2.13. The van der Waals surface area contributed by atoms with Crippen LogP contribution in [0.1, 0.15) is 20.7 Å². The van der Waals surface area contributed by atoms with Gasteiger partial charge in [-0.3, -0.25) is 8.37 Å². The first kappa shape index (κ1) is 17.0. The molecular weight excluding hydrogens is 280 g/mol. The van der Waals surface area contributed by atoms with Gasteiger partial charge in [0.1, 0.15) is 0 Å². The molecule has 8 nitrogen and oxygen atoms in total. The molecule has 0 spiro atoms. The Bertz CT molecular complexity index is 505. The fourth-order valence-electron chi connectivity index (χ4n) is 0.924. The van der Waals surface area contributed by atoms with Gasteiger partial charge in [0.05, 0.1) is 25.3 Å². The molecule has 0 atom stereocenters. The summed E-state index contributed by atoms with van der Waals surface area (Å²) in [4.78, 5) is 20.9. The minimum absolute atomic E-state index is 0.190. The van der Waals surface area contributed by atoms with Gasteiger partial charge < -0.3 is 10.2 Å². The van der Waals surface area contributed by atoms with Gasteiger partial charge in [0.15, 0.2) is 0 Å². The van der Waals surface area contributed by atoms with Crippen molar-refractivity contribution in [1.82, 2.24) is 0 Å². The smallest absolute Gasteiger partial charge is 0.399 e. The van der Waals surface area contributed by atoms with E-state index in [1.165, 1.54) is 24.3 Å². The number of aromatic carboxylic acids is 2. The summed E-state index contributed by atoms with van der Waals surface area (Å²) in [5.41, 5.74) is -0.380. The number of carboxylic acids is 2. The Kier molecular flexibility index (Phi) is 6.69. The van der Waals surface area contributed by atoms with Gasteiger partial charge in [-0.2, -0.15) is 8.42 Å². The van der Waals surface area contributed by atoms with Crippen LogP contribution >= 0.6 is 0 Å². The highest BCUT2D eigenvalue weighted by atomic mass is 32.3. The number of carbonyl (C=O) groups is 2. The quantitative estimate of drug-likeness (QED) is 0.826. The molecule has 0 heterocycles. The predicted octanol–water partition coefficient (Wildman–Crippen LogP) is 0.607. The Hall–Kier alpha value is -1.97. The van der Waals surface area contributed by atoms with Crippen LogP contribution in [-0.2, 0) is 18.8 Å². The Morgan fingerprint density at radius 3 is 1.42 bits per heavy atom. The van der Waals surface area contributed by atoms with Crippen molar-refractivity contribution in [3.63, 3.8) is 0 Å². The lowest BCUT2D eigenvalue weighted by Gasteiger charge is -1.98. The van der Waals surface area contributed by atoms with Gasteiger partial charge >= 0.3 is 22.3 Å². The molecule has 0 bridgehead atoms. The van der Waals surface area contributed by atoms with E-state index in [9.17, 15) is 18.0 Å². The highest BCUT2D eigenvalue weighted by Crippen LogP contribution is 2.07. The number of hydrogen-bond donors (Lipinski definition) is 2. The number of hydrogen-bond acceptors (Lipinski definition) is 6. The molecule has 0 aromatic heterocycles. The van der Waals surface area contributed by atoms with Crippen LogP contribution in [0.5, 0.6) is 0 Å². The van der Waals surface area contributed by atoms with E-state index in [1.54, 1.807) is 0 Å². The van der Waals surface area contributed by atoms with Gasteiger partial charge in [-0.15, -0.1) is 0 Å². The average molecular weight is 292 g/mol. The van der Waals surface area contributed by atoms with Crippen LogP contribution in [0.3, 0.4) is 0 Å². The van der Waals surface area contributed by atoms with Crippen LogP contribution in [0, 0.1) is 0 Å². The molecule has 1 aromatic rings. The Morgan fingerprint density at radius 1 is 0.947 bits per heavy atom. The normalized spacial score (nSPS) is 10.2. The van der Waals surface area contributed by atoms with Gasteiger partial charge in [0.2, 0.25) is 0 Å². The lowest BCUT2D eigenvalue weighted by molar-refractivity contribution is 0.0651. The topological polar surface area (TPSA) is 127 Å². The molecular formula is C10H12O8S. The van der Waals surface area contributed by atoms with Crippen LogP contribution < -0.4 is 0 Å². The lowest BCUT2D eigenvalue weighted by atomic mass is 10.1. The average Bonchev–Trinajstić information content (AvgIpc) is 2.39. The van der Waals surface area contributed by atoms with Gasteiger partial charge in [-0.05, 0) is 12.1 Å². The lowest BCUT2D eigenvalue weighted by Crippen LogP contribution is -2.06. The zero-order valence-corrected chi connectivity index (χ0v) is 10.9. The third-order valence-electron chi connectivity index (χ3n) is 1.80. The Labute approximate surface area is 109 Å². The molecule has 0 unspecified atom stereocenters. The Morgan fingerprint density at radius 2 is 1.26 bits per heavy atom. The summed E-state index contributed by atoms with van der Waals surface area (Å²) < 4.78 is 27.5. The molecule has 0 radical (unpaired) electrons. The summed E-state index contributed by atoms with van der Waals surface area (Å²) >= 11 is 0. The summed E-state index contributed by atoms with van der Waals surface area (Å²) in [6.45, 7) is 0. The molecule has 0 aliphatic carbocycles. The van der Waals surface area contributed by atoms with Crippen LogP contribution in [0.15, 0.2) is 24.3 Å². The van der Waals surface area contributed by atoms with E-state index in [0.29, 0.717) is 0 Å². The molecule has 106 valence electrons. The maximum atomic E-state index is 10.5. The molecule has 0 amide bonds. The molecule has 0 aliphatic heterocycles. The van der Waals surface area contributed by atoms with Crippen molar-refractivity contribution in [1.29, 1.82) is 0 Å². The molecule has 0 aliphatic rings. The minimum Gasteiger partial charge on any atom is -0.478 e. The summed E-state index contributed by atoms with van der Waals surface area (Å²) in [5, 5.41) is 17.1. The summed E-state index contributed by atoms with van der Waals surface area (Å²) in [5.74, 6) is -2.46. The molecule has 0 fully saturated rings. The molecule has 1 aromatic carbocycles. The molecule has 0 saturated carbocycles. The van der Waals surface area contributed by atoms with Crippen LogP contribution in [0.25, 0.3) is 0 Å². The number of carboxylic acid groups (broad SMARTS) is 2. The van der Waals surface area contributed by atoms with Gasteiger partial charge in [0.25, 0.3) is 0 Å². The maximum Gasteiger partial charge on any atom is 0.399 e. The van der Waals surface area contributed by atoms with Crippen molar-refractivity contribution >= 4 is 22.3 Å². The molecule has 19 heavy (non-hydrogen) atoms. The second-order valence-electron chi connectivity index (χ2n) is 2.90. The number of rotatable bonds is 4. The zero-order chi connectivity index (χ0) is 15.1. The first-order chi connectivity index (χ1) is 8.75. The van der Waals surface area contributed by atoms with Crippen LogP contribution in [0.4, 0.5) is 0 Å². The second-order valence-corrected chi connectivity index (χ2v) is 4.38. The summed E-state index contributed by atoms with van der Waals surface area (Å²) in [6.07, 6.45) is 0. The van der Waals surface area contributed by atoms with E-state index in [1.807, 2.05) is 0 Å². The zero-order valence-electron chi connectivity index (χ0n) is 10.1. The third kappa shape index (κ3) is 5.95. The molecule has 2 N–H and O–H groups in total. The van der Waals surface area contributed by atoms with Crippen molar-refractivity contribution in [2.45, 2.75) is 0 Å². The third-order valence-corrected chi connectivity index (χ3v) is 2.61. The predicted molar refractivity (Wildman–Crippen MR) is 63.3 cm³/mol. The number of benzene rings is 1. The van der Waals surface area contributed by atoms with E-state index in [4.69, 9.17) is 10.2 Å². The first-order valence-corrected chi connectivity index (χ1v) is 6.00. The largest absolute Gasteiger partial charge is 0.478 e. The van der Waals surface area contributed by atoms with Gasteiger partial charge in [-0.25, -0.2) is 9.59 Å². The van der Waals surface area contributed by atoms with E-state index in [-0.39, 0.29) is 11.1 Å². The monoisotopic (exact) mass is 292 g/mol. The van der Waals surface area contributed by atoms with Gasteiger partial charge in [-0.1, -0.05) is 12.1 Å². The molecule has 9 heteroatoms. The molecule has 0 saturated heterocycles. The fraction of sp³-hybridized carbons (Fsp3) is 0.200. The van der Waals surface area contributed by atoms with Crippen molar-refractivity contribution in [2.75, 3.05) is 14.2 Å². The van der Waals surface area contributed by atoms with E-state index in [0.717, 1.165) is 14.2 Å². The van der Waals surface area contributed by atoms with Crippen molar-refractivity contribution in [2.24, 2.45) is 0 Å². The summed E-state index contributed by atoms with van der Waals surface area (Å²) in [6, 6.07) is 5.48. The van der Waals surface area contributed by atoms with Gasteiger partial charge in [0, 0.05) is 0 Å². The van der Waals surface area contributed by atoms with E-state index in [2.05, 4.69) is 8.37 Å². The van der Waals surface area contributed by atoms with Crippen molar-refractivity contribution in [3.05, 3.63) is 35.4 Å². The van der Waals surface area contributed by atoms with Crippen molar-refractivity contribution < 1.29 is 36.6 Å². The highest BCUT2D eigenvalue weighted by molar-refractivity contribution is 7.81. The first-order valence-electron chi connectivity index (χ1n) is 4.67. The Balaban J connectivity index is 0.000000399. The minimum atomic E-state index is -3.66. The summed E-state index contributed by atoms with van der Waals surface area (Å²) in [7, 11) is -1.60.